The zero-order chi connectivity index (χ0) is 44.3. The Morgan fingerprint density at radius 3 is 1.63 bits per heavy atom. The number of nitrogens with one attached hydrogen (secondary N) is 2. The molecule has 0 saturated heterocycles. The van der Waals surface area contributed by atoms with Gasteiger partial charge in [-0.15, -0.1) is 6.58 Å². The maximum Gasteiger partial charge on any atom is 0.273 e. The molecule has 6 aromatic rings. The molecule has 1 atom stereocenters. The highest BCUT2D eigenvalue weighted by atomic mass is 16.2. The van der Waals surface area contributed by atoms with E-state index >= 15 is 0 Å². The van der Waals surface area contributed by atoms with E-state index < -0.39 is 6.04 Å². The second kappa shape index (κ2) is 20.3. The fraction of sp³-hybridized carbons (Fsp3) is 0.240. The zero-order valence-corrected chi connectivity index (χ0v) is 36.3. The molecule has 4 aromatic carbocycles. The first-order chi connectivity index (χ1) is 29.9. The Morgan fingerprint density at radius 1 is 0.661 bits per heavy atom. The van der Waals surface area contributed by atoms with E-state index in [1.165, 1.54) is 4.90 Å². The monoisotopic (exact) mass is 830 g/mol. The third kappa shape index (κ3) is 10.7. The number of nitrogens with zero attached hydrogens (tertiary/aromatic N) is 6. The highest BCUT2D eigenvalue weighted by Gasteiger charge is 2.28. The summed E-state index contributed by atoms with van der Waals surface area (Å²) in [7, 11) is 7.70. The molecular weight excluding hydrogens is 777 g/mol. The van der Waals surface area contributed by atoms with Gasteiger partial charge < -0.3 is 30.2 Å². The van der Waals surface area contributed by atoms with Gasteiger partial charge in [-0.05, 0) is 79.4 Å². The summed E-state index contributed by atoms with van der Waals surface area (Å²) in [6, 6.07) is 33.0. The maximum absolute atomic E-state index is 13.9. The highest BCUT2D eigenvalue weighted by Crippen LogP contribution is 2.28. The van der Waals surface area contributed by atoms with Gasteiger partial charge in [0.1, 0.15) is 24.0 Å². The third-order valence-electron chi connectivity index (χ3n) is 10.4. The van der Waals surface area contributed by atoms with Gasteiger partial charge >= 0.3 is 0 Å². The van der Waals surface area contributed by atoms with Crippen LogP contribution in [0.5, 0.6) is 0 Å². The van der Waals surface area contributed by atoms with Gasteiger partial charge in [0, 0.05) is 74.8 Å². The number of carbonyl (C=O) groups excluding carboxylic acids is 4. The molecule has 2 aromatic heterocycles. The van der Waals surface area contributed by atoms with Crippen molar-refractivity contribution < 1.29 is 19.2 Å². The van der Waals surface area contributed by atoms with Crippen molar-refractivity contribution in [1.82, 2.24) is 19.8 Å². The lowest BCUT2D eigenvalue weighted by molar-refractivity contribution is -0.120. The van der Waals surface area contributed by atoms with Crippen LogP contribution >= 0.6 is 0 Å². The van der Waals surface area contributed by atoms with Crippen LogP contribution < -0.4 is 20.4 Å². The average Bonchev–Trinajstić information content (AvgIpc) is 3.28. The Morgan fingerprint density at radius 2 is 1.15 bits per heavy atom. The number of carbonyl (C=O) groups is 4. The minimum absolute atomic E-state index is 0.148. The summed E-state index contributed by atoms with van der Waals surface area (Å²) in [5, 5.41) is 7.77. The van der Waals surface area contributed by atoms with Crippen molar-refractivity contribution in [2.75, 3.05) is 68.3 Å². The lowest BCUT2D eigenvalue weighted by Gasteiger charge is -2.28. The molecule has 318 valence electrons. The van der Waals surface area contributed by atoms with Gasteiger partial charge in [0.15, 0.2) is 0 Å². The van der Waals surface area contributed by atoms with E-state index in [2.05, 4.69) is 27.2 Å². The first-order valence-electron chi connectivity index (χ1n) is 20.7. The molecule has 0 unspecified atom stereocenters. The predicted octanol–water partition coefficient (Wildman–Crippen LogP) is 8.62. The molecule has 12 heteroatoms. The normalized spacial score (nSPS) is 11.6. The van der Waals surface area contributed by atoms with Gasteiger partial charge in [0.2, 0.25) is 11.8 Å². The minimum Gasteiger partial charge on any atom is -0.377 e. The Bertz CT molecular complexity index is 2600. The van der Waals surface area contributed by atoms with Crippen molar-refractivity contribution >= 4 is 80.3 Å². The van der Waals surface area contributed by atoms with Crippen LogP contribution in [0.3, 0.4) is 0 Å². The van der Waals surface area contributed by atoms with E-state index in [1.807, 2.05) is 154 Å². The molecule has 2 heterocycles. The molecule has 62 heavy (non-hydrogen) atoms. The van der Waals surface area contributed by atoms with Crippen LogP contribution in [-0.4, -0.2) is 97.3 Å². The number of aromatic nitrogens is 2. The molecule has 0 radical (unpaired) electrons. The van der Waals surface area contributed by atoms with Gasteiger partial charge in [-0.3, -0.25) is 19.2 Å². The van der Waals surface area contributed by atoms with E-state index in [4.69, 9.17) is 0 Å². The molecular formula is C50H54N8O4. The summed E-state index contributed by atoms with van der Waals surface area (Å²) in [5.41, 5.74) is 6.77. The minimum atomic E-state index is -0.742. The Kier molecular flexibility index (Phi) is 14.5. The second-order valence-electron chi connectivity index (χ2n) is 15.5. The van der Waals surface area contributed by atoms with Crippen LogP contribution in [0.4, 0.5) is 22.7 Å². The largest absolute Gasteiger partial charge is 0.377 e. The number of benzene rings is 4. The zero-order valence-electron chi connectivity index (χ0n) is 36.3. The van der Waals surface area contributed by atoms with Crippen LogP contribution in [0.2, 0.25) is 0 Å². The summed E-state index contributed by atoms with van der Waals surface area (Å²) < 4.78 is 0. The summed E-state index contributed by atoms with van der Waals surface area (Å²) in [4.78, 5) is 70.6. The summed E-state index contributed by atoms with van der Waals surface area (Å²) in [6.07, 6.45) is 6.82. The molecule has 0 fully saturated rings. The third-order valence-corrected chi connectivity index (χ3v) is 10.4. The lowest BCUT2D eigenvalue weighted by atomic mass is 10.1. The van der Waals surface area contributed by atoms with Crippen molar-refractivity contribution in [1.29, 1.82) is 0 Å². The van der Waals surface area contributed by atoms with E-state index in [0.717, 1.165) is 33.3 Å². The number of rotatable bonds is 17. The summed E-state index contributed by atoms with van der Waals surface area (Å²) >= 11 is 0. The molecule has 2 N–H and O–H groups in total. The number of fused-ring (bicyclic) bond motifs is 2. The molecule has 12 nitrogen and oxygen atoms in total. The number of anilines is 4. The van der Waals surface area contributed by atoms with Crippen molar-refractivity contribution in [2.24, 2.45) is 0 Å². The SMILES string of the molecule is C=CCCN(CC(=O)Nc1ccc(/C=C/c2ccc(NC(=O)[C@H](C)N(CCC)C(=O)c3cc(N(C)C)c4ccccc4n3)cc2)cc1)C(=O)c1cc(N(C)C)c2ccccc2n1. The molecule has 0 aliphatic rings. The van der Waals surface area contributed by atoms with E-state index in [0.29, 0.717) is 54.0 Å². The highest BCUT2D eigenvalue weighted by molar-refractivity contribution is 6.04. The summed E-state index contributed by atoms with van der Waals surface area (Å²) in [5.74, 6) is -1.26. The first-order valence-corrected chi connectivity index (χ1v) is 20.7. The number of amides is 4. The van der Waals surface area contributed by atoms with Gasteiger partial charge in [-0.1, -0.05) is 85.8 Å². The smallest absolute Gasteiger partial charge is 0.273 e. The van der Waals surface area contributed by atoms with Crippen LogP contribution in [0.15, 0.2) is 122 Å². The Labute approximate surface area is 363 Å². The fourth-order valence-corrected chi connectivity index (χ4v) is 7.10. The number of hydrogen-bond donors (Lipinski definition) is 2. The average molecular weight is 831 g/mol. The number of hydrogen-bond acceptors (Lipinski definition) is 8. The molecule has 0 aliphatic carbocycles. The van der Waals surface area contributed by atoms with Crippen LogP contribution in [0, 0.1) is 0 Å². The topological polar surface area (TPSA) is 131 Å². The fourth-order valence-electron chi connectivity index (χ4n) is 7.10. The van der Waals surface area contributed by atoms with Gasteiger partial charge in [-0.2, -0.15) is 0 Å². The van der Waals surface area contributed by atoms with Gasteiger partial charge in [0.25, 0.3) is 11.8 Å². The summed E-state index contributed by atoms with van der Waals surface area (Å²) in [6.45, 7) is 8.07. The van der Waals surface area contributed by atoms with Crippen molar-refractivity contribution in [3.8, 4) is 0 Å². The van der Waals surface area contributed by atoms with Gasteiger partial charge in [0.05, 0.1) is 11.0 Å². The van der Waals surface area contributed by atoms with Gasteiger partial charge in [-0.25, -0.2) is 9.97 Å². The predicted molar refractivity (Wildman–Crippen MR) is 253 cm³/mol. The molecule has 0 saturated carbocycles. The molecule has 0 aliphatic heterocycles. The molecule has 0 spiro atoms. The van der Waals surface area contributed by atoms with Crippen LogP contribution in [0.1, 0.15) is 58.8 Å². The lowest BCUT2D eigenvalue weighted by Crippen LogP contribution is -2.46. The second-order valence-corrected chi connectivity index (χ2v) is 15.5. The van der Waals surface area contributed by atoms with E-state index in [9.17, 15) is 19.2 Å². The van der Waals surface area contributed by atoms with Crippen molar-refractivity contribution in [2.45, 2.75) is 32.7 Å². The van der Waals surface area contributed by atoms with Crippen molar-refractivity contribution in [3.05, 3.63) is 144 Å². The van der Waals surface area contributed by atoms with Crippen LogP contribution in [0.25, 0.3) is 34.0 Å². The quantitative estimate of drug-likeness (QED) is 0.0691. The molecule has 4 amide bonds. The van der Waals surface area contributed by atoms with E-state index in [-0.39, 0.29) is 35.9 Å². The number of pyridine rings is 2. The Hall–Kier alpha value is -7.34. The Balaban J connectivity index is 1.05. The van der Waals surface area contributed by atoms with Crippen LogP contribution in [-0.2, 0) is 9.59 Å². The maximum atomic E-state index is 13.9. The standard InChI is InChI=1S/C50H54N8O4/c1-8-10-30-57(49(61)43-31-45(55(4)5)39-15-11-13-17-41(39)53-43)33-47(59)51-37-25-21-35(22-26-37)19-20-36-23-27-38(28-24-36)52-48(60)34(3)58(29-9-2)50(62)44-32-46(56(6)7)40-16-12-14-18-42(40)54-44/h8,11-28,31-32,34H,1,9-10,29-30,33H2,2-7H3,(H,51,59)(H,52,60)/b20-19+/t34-/m0/s1. The van der Waals surface area contributed by atoms with E-state index in [1.54, 1.807) is 30.0 Å². The molecule has 0 bridgehead atoms. The first kappa shape index (κ1) is 44.2. The van der Waals surface area contributed by atoms with Crippen molar-refractivity contribution in [3.63, 3.8) is 0 Å². The number of para-hydroxylation sites is 2. The molecule has 6 rings (SSSR count).